The molecule has 0 spiro atoms. The second-order valence-corrected chi connectivity index (χ2v) is 8.93. The van der Waals surface area contributed by atoms with Gasteiger partial charge in [0.05, 0.1) is 16.4 Å². The van der Waals surface area contributed by atoms with E-state index < -0.39 is 14.9 Å². The number of rotatable bonds is 9. The molecule has 28 heavy (non-hydrogen) atoms. The predicted octanol–water partition coefficient (Wildman–Crippen LogP) is 2.00. The van der Waals surface area contributed by atoms with Crippen LogP contribution < -0.4 is 15.4 Å². The third-order valence-corrected chi connectivity index (χ3v) is 6.03. The smallest absolute Gasteiger partial charge is 0.270 e. The number of nitro groups is 1. The van der Waals surface area contributed by atoms with Gasteiger partial charge >= 0.3 is 0 Å². The van der Waals surface area contributed by atoms with Crippen LogP contribution in [0, 0.1) is 17.0 Å². The van der Waals surface area contributed by atoms with Crippen LogP contribution in [0.3, 0.4) is 0 Å². The molecule has 0 amide bonds. The van der Waals surface area contributed by atoms with Crippen molar-refractivity contribution in [2.45, 2.75) is 25.3 Å². The molecular weight excluding hydrogens is 402 g/mol. The van der Waals surface area contributed by atoms with Gasteiger partial charge in [-0.1, -0.05) is 6.07 Å². The Morgan fingerprint density at radius 1 is 1.21 bits per heavy atom. The van der Waals surface area contributed by atoms with Crippen molar-refractivity contribution in [2.24, 2.45) is 4.99 Å². The summed E-state index contributed by atoms with van der Waals surface area (Å²) in [7, 11) is -3.83. The molecule has 9 nitrogen and oxygen atoms in total. The molecule has 2 rings (SSSR count). The van der Waals surface area contributed by atoms with Gasteiger partial charge in [0.2, 0.25) is 10.0 Å². The maximum Gasteiger partial charge on any atom is 0.270 e. The molecule has 0 saturated heterocycles. The lowest BCUT2D eigenvalue weighted by molar-refractivity contribution is -0.385. The summed E-state index contributed by atoms with van der Waals surface area (Å²) in [5, 5.41) is 17.0. The van der Waals surface area contributed by atoms with Gasteiger partial charge in [0.25, 0.3) is 5.69 Å². The van der Waals surface area contributed by atoms with E-state index in [9.17, 15) is 18.5 Å². The Kier molecular flexibility index (Phi) is 7.91. The van der Waals surface area contributed by atoms with Crippen LogP contribution in [-0.4, -0.2) is 38.9 Å². The van der Waals surface area contributed by atoms with Crippen LogP contribution in [0.1, 0.15) is 16.7 Å². The van der Waals surface area contributed by atoms with Crippen molar-refractivity contribution in [1.82, 2.24) is 15.4 Å². The highest BCUT2D eigenvalue weighted by Gasteiger charge is 2.17. The summed E-state index contributed by atoms with van der Waals surface area (Å²) in [5.41, 5.74) is -0.272. The monoisotopic (exact) mass is 425 g/mol. The van der Waals surface area contributed by atoms with Gasteiger partial charge in [-0.2, -0.15) is 0 Å². The van der Waals surface area contributed by atoms with E-state index in [1.165, 1.54) is 23.1 Å². The second-order valence-electron chi connectivity index (χ2n) is 5.79. The predicted molar refractivity (Wildman–Crippen MR) is 110 cm³/mol. The maximum absolute atomic E-state index is 12.3. The third-order valence-electron chi connectivity index (χ3n) is 3.58. The normalized spacial score (nSPS) is 12.0. The van der Waals surface area contributed by atoms with E-state index in [1.54, 1.807) is 11.3 Å². The van der Waals surface area contributed by atoms with Gasteiger partial charge in [-0.25, -0.2) is 18.1 Å². The molecule has 0 fully saturated rings. The van der Waals surface area contributed by atoms with Crippen LogP contribution >= 0.6 is 11.3 Å². The summed E-state index contributed by atoms with van der Waals surface area (Å²) < 4.78 is 27.0. The number of hydrogen-bond donors (Lipinski definition) is 3. The molecule has 1 heterocycles. The Bertz CT molecular complexity index is 941. The molecule has 0 radical (unpaired) electrons. The van der Waals surface area contributed by atoms with E-state index in [2.05, 4.69) is 20.3 Å². The number of guanidine groups is 1. The minimum atomic E-state index is -3.83. The van der Waals surface area contributed by atoms with E-state index in [0.717, 1.165) is 10.9 Å². The molecule has 1 aromatic carbocycles. The Labute approximate surface area is 168 Å². The average molecular weight is 426 g/mol. The van der Waals surface area contributed by atoms with Crippen LogP contribution in [0.4, 0.5) is 5.69 Å². The molecule has 152 valence electrons. The fourth-order valence-electron chi connectivity index (χ4n) is 2.28. The van der Waals surface area contributed by atoms with E-state index >= 15 is 0 Å². The number of benzene rings is 1. The quantitative estimate of drug-likeness (QED) is 0.185. The molecule has 11 heteroatoms. The van der Waals surface area contributed by atoms with E-state index in [0.29, 0.717) is 25.6 Å². The maximum atomic E-state index is 12.3. The van der Waals surface area contributed by atoms with Crippen molar-refractivity contribution < 1.29 is 13.3 Å². The number of nitrogens with zero attached hydrogens (tertiary/aromatic N) is 2. The fraction of sp³-hybridized carbons (Fsp3) is 0.353. The molecule has 0 unspecified atom stereocenters. The summed E-state index contributed by atoms with van der Waals surface area (Å²) >= 11 is 1.68. The highest BCUT2D eigenvalue weighted by molar-refractivity contribution is 7.89. The topological polar surface area (TPSA) is 126 Å². The van der Waals surface area contributed by atoms with Crippen molar-refractivity contribution in [3.05, 3.63) is 56.3 Å². The number of nitrogens with one attached hydrogen (secondary N) is 3. The summed E-state index contributed by atoms with van der Waals surface area (Å²) in [6.45, 7) is 5.60. The van der Waals surface area contributed by atoms with Crippen LogP contribution in [0.2, 0.25) is 0 Å². The highest BCUT2D eigenvalue weighted by Crippen LogP contribution is 2.17. The summed E-state index contributed by atoms with van der Waals surface area (Å²) in [6, 6.07) is 9.00. The van der Waals surface area contributed by atoms with Crippen LogP contribution in [0.15, 0.2) is 46.3 Å². The number of hydrogen-bond acceptors (Lipinski definition) is 6. The number of nitro benzene ring substituents is 1. The number of thiophene rings is 1. The number of non-ortho nitro benzene ring substituents is 1. The molecule has 1 aromatic heterocycles. The Morgan fingerprint density at radius 3 is 2.64 bits per heavy atom. The first kappa shape index (κ1) is 21.8. The van der Waals surface area contributed by atoms with Gasteiger partial charge in [-0.3, -0.25) is 10.1 Å². The first-order valence-corrected chi connectivity index (χ1v) is 10.9. The molecule has 0 saturated carbocycles. The lowest BCUT2D eigenvalue weighted by atomic mass is 10.3. The standard InChI is InChI=1S/C17H23N5O4S2/c1-3-18-17(20-12-15-8-7-13(2)27-15)19-9-10-21-28(25,26)16-6-4-5-14(11-16)22(23)24/h4-8,11,21H,3,9-10,12H2,1-2H3,(H2,18,19,20). The minimum Gasteiger partial charge on any atom is -0.357 e. The first-order chi connectivity index (χ1) is 13.3. The Hall–Kier alpha value is -2.50. The van der Waals surface area contributed by atoms with Crippen LogP contribution in [0.5, 0.6) is 0 Å². The molecule has 0 bridgehead atoms. The van der Waals surface area contributed by atoms with Gasteiger partial charge in [-0.05, 0) is 32.0 Å². The largest absolute Gasteiger partial charge is 0.357 e. The van der Waals surface area contributed by atoms with Gasteiger partial charge in [0.15, 0.2) is 5.96 Å². The fourth-order valence-corrected chi connectivity index (χ4v) is 4.17. The molecule has 0 aliphatic carbocycles. The molecule has 3 N–H and O–H groups in total. The lowest BCUT2D eigenvalue weighted by Gasteiger charge is -2.12. The molecule has 0 aliphatic heterocycles. The minimum absolute atomic E-state index is 0.105. The molecule has 0 atom stereocenters. The summed E-state index contributed by atoms with van der Waals surface area (Å²) in [6.07, 6.45) is 0. The van der Waals surface area contributed by atoms with Crippen LogP contribution in [-0.2, 0) is 16.6 Å². The zero-order valence-electron chi connectivity index (χ0n) is 15.6. The third kappa shape index (κ3) is 6.59. The van der Waals surface area contributed by atoms with E-state index in [4.69, 9.17) is 0 Å². The Morgan fingerprint density at radius 2 is 2.00 bits per heavy atom. The zero-order chi connectivity index (χ0) is 20.6. The summed E-state index contributed by atoms with van der Waals surface area (Å²) in [4.78, 5) is 16.9. The summed E-state index contributed by atoms with van der Waals surface area (Å²) in [5.74, 6) is 0.586. The van der Waals surface area contributed by atoms with Crippen molar-refractivity contribution in [3.8, 4) is 0 Å². The SMILES string of the molecule is CCNC(=NCc1ccc(C)s1)NCCNS(=O)(=O)c1cccc([N+](=O)[O-])c1. The molecular formula is C17H23N5O4S2. The second kappa shape index (κ2) is 10.2. The van der Waals surface area contributed by atoms with E-state index in [1.807, 2.05) is 26.0 Å². The average Bonchev–Trinajstić information content (AvgIpc) is 3.08. The van der Waals surface area contributed by atoms with Crippen LogP contribution in [0.25, 0.3) is 0 Å². The lowest BCUT2D eigenvalue weighted by Crippen LogP contribution is -2.41. The van der Waals surface area contributed by atoms with Crippen molar-refractivity contribution in [1.29, 1.82) is 0 Å². The van der Waals surface area contributed by atoms with E-state index in [-0.39, 0.29) is 17.1 Å². The van der Waals surface area contributed by atoms with Gasteiger partial charge < -0.3 is 10.6 Å². The van der Waals surface area contributed by atoms with Gasteiger partial charge in [-0.15, -0.1) is 11.3 Å². The van der Waals surface area contributed by atoms with Gasteiger partial charge in [0.1, 0.15) is 0 Å². The highest BCUT2D eigenvalue weighted by atomic mass is 32.2. The molecule has 2 aromatic rings. The zero-order valence-corrected chi connectivity index (χ0v) is 17.3. The van der Waals surface area contributed by atoms with Crippen molar-refractivity contribution in [2.75, 3.05) is 19.6 Å². The van der Waals surface area contributed by atoms with Gasteiger partial charge in [0, 0.05) is 41.5 Å². The van der Waals surface area contributed by atoms with Crippen molar-refractivity contribution in [3.63, 3.8) is 0 Å². The number of aryl methyl sites for hydroxylation is 1. The number of sulfonamides is 1. The number of aliphatic imine (C=N–C) groups is 1. The Balaban J connectivity index is 1.89. The van der Waals surface area contributed by atoms with Crippen molar-refractivity contribution >= 4 is 33.0 Å². The first-order valence-electron chi connectivity index (χ1n) is 8.63. The molecule has 0 aliphatic rings.